The number of aliphatic hydroxyl groups excluding tert-OH is 1. The van der Waals surface area contributed by atoms with Gasteiger partial charge in [0.05, 0.1) is 25.9 Å². The van der Waals surface area contributed by atoms with Gasteiger partial charge in [-0.1, -0.05) is 0 Å². The Bertz CT molecular complexity index is 143. The number of rotatable bonds is 5. The van der Waals surface area contributed by atoms with Gasteiger partial charge < -0.3 is 14.6 Å². The fraction of sp³-hybridized carbons (Fsp3) is 0.857. The van der Waals surface area contributed by atoms with Crippen molar-refractivity contribution in [3.05, 3.63) is 0 Å². The maximum atomic E-state index is 8.61. The van der Waals surface area contributed by atoms with Crippen molar-refractivity contribution in [1.29, 1.82) is 5.26 Å². The van der Waals surface area contributed by atoms with Crippen molar-refractivity contribution in [2.45, 2.75) is 12.5 Å². The number of methoxy groups -OCH3 is 1. The van der Waals surface area contributed by atoms with Crippen LogP contribution in [0.4, 0.5) is 0 Å². The Morgan fingerprint density at radius 2 is 2.27 bits per heavy atom. The molecule has 0 aromatic rings. The molecule has 0 aromatic heterocycles. The molecule has 1 N–H and O–H groups in total. The van der Waals surface area contributed by atoms with E-state index in [1.165, 1.54) is 7.11 Å². The molecule has 0 amide bonds. The largest absolute Gasteiger partial charge is 0.394 e. The van der Waals surface area contributed by atoms with Crippen LogP contribution >= 0.6 is 0 Å². The highest BCUT2D eigenvalue weighted by atomic mass is 16.5. The van der Waals surface area contributed by atoms with Gasteiger partial charge in [0.15, 0.2) is 5.60 Å². The molecule has 0 radical (unpaired) electrons. The molecule has 0 heterocycles. The van der Waals surface area contributed by atoms with Crippen molar-refractivity contribution in [3.8, 4) is 6.07 Å². The third-order valence-corrected chi connectivity index (χ3v) is 1.17. The minimum Gasteiger partial charge on any atom is -0.394 e. The second-order valence-electron chi connectivity index (χ2n) is 2.35. The average molecular weight is 159 g/mol. The lowest BCUT2D eigenvalue weighted by Gasteiger charge is -2.20. The highest BCUT2D eigenvalue weighted by Gasteiger charge is 2.23. The lowest BCUT2D eigenvalue weighted by molar-refractivity contribution is -0.0502. The quantitative estimate of drug-likeness (QED) is 0.609. The molecular formula is C7H13NO3. The van der Waals surface area contributed by atoms with Gasteiger partial charge in [0.2, 0.25) is 0 Å². The minimum atomic E-state index is -0.933. The second kappa shape index (κ2) is 5.08. The Morgan fingerprint density at radius 3 is 2.64 bits per heavy atom. The summed E-state index contributed by atoms with van der Waals surface area (Å²) in [7, 11) is 1.50. The first-order valence-electron chi connectivity index (χ1n) is 3.33. The zero-order valence-electron chi connectivity index (χ0n) is 6.83. The Labute approximate surface area is 66.3 Å². The fourth-order valence-electron chi connectivity index (χ4n) is 0.653. The number of ether oxygens (including phenoxy) is 2. The molecule has 1 unspecified atom stereocenters. The molecule has 0 rings (SSSR count). The molecule has 1 atom stereocenters. The van der Waals surface area contributed by atoms with Gasteiger partial charge in [-0.05, 0) is 6.92 Å². The van der Waals surface area contributed by atoms with Crippen molar-refractivity contribution in [1.82, 2.24) is 0 Å². The van der Waals surface area contributed by atoms with E-state index >= 15 is 0 Å². The van der Waals surface area contributed by atoms with Gasteiger partial charge >= 0.3 is 0 Å². The lowest BCUT2D eigenvalue weighted by Crippen LogP contribution is -2.33. The van der Waals surface area contributed by atoms with Crippen molar-refractivity contribution in [3.63, 3.8) is 0 Å². The molecule has 0 aliphatic rings. The molecular weight excluding hydrogens is 146 g/mol. The van der Waals surface area contributed by atoms with Gasteiger partial charge in [0, 0.05) is 7.11 Å². The van der Waals surface area contributed by atoms with Crippen LogP contribution in [-0.2, 0) is 9.47 Å². The molecule has 0 aliphatic carbocycles. The van der Waals surface area contributed by atoms with Gasteiger partial charge in [-0.15, -0.1) is 0 Å². The standard InChI is InChI=1S/C7H13NO3/c1-7(5-8,6-10-2)11-4-3-9/h9H,3-4,6H2,1-2H3. The number of hydrogen-bond acceptors (Lipinski definition) is 4. The minimum absolute atomic E-state index is 0.0824. The maximum Gasteiger partial charge on any atom is 0.174 e. The van der Waals surface area contributed by atoms with Crippen molar-refractivity contribution >= 4 is 0 Å². The summed E-state index contributed by atoms with van der Waals surface area (Å²) in [4.78, 5) is 0. The number of aliphatic hydroxyl groups is 1. The summed E-state index contributed by atoms with van der Waals surface area (Å²) in [6.45, 7) is 1.91. The highest BCUT2D eigenvalue weighted by molar-refractivity contribution is 4.98. The van der Waals surface area contributed by atoms with Gasteiger partial charge in [-0.2, -0.15) is 5.26 Å². The highest BCUT2D eigenvalue weighted by Crippen LogP contribution is 2.08. The molecule has 0 saturated heterocycles. The maximum absolute atomic E-state index is 8.61. The molecule has 0 fully saturated rings. The number of nitriles is 1. The SMILES string of the molecule is COCC(C)(C#N)OCCO. The third kappa shape index (κ3) is 3.94. The first-order chi connectivity index (χ1) is 5.18. The molecule has 0 bridgehead atoms. The van der Waals surface area contributed by atoms with Crippen LogP contribution in [0.5, 0.6) is 0 Å². The molecule has 11 heavy (non-hydrogen) atoms. The van der Waals surface area contributed by atoms with E-state index in [0.29, 0.717) is 0 Å². The van der Waals surface area contributed by atoms with Crippen LogP contribution in [0, 0.1) is 11.3 Å². The molecule has 0 saturated carbocycles. The molecule has 0 aliphatic heterocycles. The second-order valence-corrected chi connectivity index (χ2v) is 2.35. The van der Waals surface area contributed by atoms with Crippen molar-refractivity contribution in [2.75, 3.05) is 26.9 Å². The Hall–Kier alpha value is -0.630. The van der Waals surface area contributed by atoms with E-state index in [4.69, 9.17) is 19.8 Å². The van der Waals surface area contributed by atoms with E-state index in [-0.39, 0.29) is 19.8 Å². The normalized spacial score (nSPS) is 15.5. The first-order valence-corrected chi connectivity index (χ1v) is 3.33. The van der Waals surface area contributed by atoms with Crippen LogP contribution in [0.1, 0.15) is 6.92 Å². The van der Waals surface area contributed by atoms with Crippen LogP contribution in [-0.4, -0.2) is 37.6 Å². The van der Waals surface area contributed by atoms with Crippen LogP contribution in [0.3, 0.4) is 0 Å². The van der Waals surface area contributed by atoms with Gasteiger partial charge in [-0.3, -0.25) is 0 Å². The predicted molar refractivity (Wildman–Crippen MR) is 38.9 cm³/mol. The van der Waals surface area contributed by atoms with Crippen LogP contribution in [0.2, 0.25) is 0 Å². The molecule has 4 nitrogen and oxygen atoms in total. The summed E-state index contributed by atoms with van der Waals surface area (Å²) in [6, 6.07) is 1.96. The Balaban J connectivity index is 3.81. The summed E-state index contributed by atoms with van der Waals surface area (Å²) in [6.07, 6.45) is 0. The van der Waals surface area contributed by atoms with E-state index in [1.54, 1.807) is 6.92 Å². The molecule has 64 valence electrons. The zero-order chi connectivity index (χ0) is 8.74. The fourth-order valence-corrected chi connectivity index (χ4v) is 0.653. The summed E-state index contributed by atoms with van der Waals surface area (Å²) in [5.41, 5.74) is -0.933. The summed E-state index contributed by atoms with van der Waals surface area (Å²) >= 11 is 0. The number of nitrogens with zero attached hydrogens (tertiary/aromatic N) is 1. The van der Waals surface area contributed by atoms with Gasteiger partial charge in [0.1, 0.15) is 0 Å². The zero-order valence-corrected chi connectivity index (χ0v) is 6.83. The first kappa shape index (κ1) is 10.4. The number of hydrogen-bond donors (Lipinski definition) is 1. The Kier molecular flexibility index (Phi) is 4.79. The van der Waals surface area contributed by atoms with Crippen LogP contribution < -0.4 is 0 Å². The Morgan fingerprint density at radius 1 is 1.64 bits per heavy atom. The third-order valence-electron chi connectivity index (χ3n) is 1.17. The molecule has 0 aromatic carbocycles. The van der Waals surface area contributed by atoms with E-state index in [2.05, 4.69) is 0 Å². The monoisotopic (exact) mass is 159 g/mol. The summed E-state index contributed by atoms with van der Waals surface area (Å²) in [5, 5.41) is 17.0. The van der Waals surface area contributed by atoms with Gasteiger partial charge in [-0.25, -0.2) is 0 Å². The van der Waals surface area contributed by atoms with Gasteiger partial charge in [0.25, 0.3) is 0 Å². The smallest absolute Gasteiger partial charge is 0.174 e. The van der Waals surface area contributed by atoms with E-state index in [9.17, 15) is 0 Å². The summed E-state index contributed by atoms with van der Waals surface area (Å²) in [5.74, 6) is 0. The van der Waals surface area contributed by atoms with E-state index in [1.807, 2.05) is 6.07 Å². The average Bonchev–Trinajstić information content (AvgIpc) is 2.02. The van der Waals surface area contributed by atoms with Crippen molar-refractivity contribution < 1.29 is 14.6 Å². The van der Waals surface area contributed by atoms with E-state index < -0.39 is 5.60 Å². The lowest BCUT2D eigenvalue weighted by atomic mass is 10.1. The van der Waals surface area contributed by atoms with E-state index in [0.717, 1.165) is 0 Å². The topological polar surface area (TPSA) is 62.5 Å². The van der Waals surface area contributed by atoms with Crippen LogP contribution in [0.15, 0.2) is 0 Å². The van der Waals surface area contributed by atoms with Crippen LogP contribution in [0.25, 0.3) is 0 Å². The van der Waals surface area contributed by atoms with Crippen molar-refractivity contribution in [2.24, 2.45) is 0 Å². The molecule has 4 heteroatoms. The molecule has 0 spiro atoms. The predicted octanol–water partition coefficient (Wildman–Crippen LogP) is -0.0760. The summed E-state index contributed by atoms with van der Waals surface area (Å²) < 4.78 is 9.80.